The number of hydrogen-bond donors (Lipinski definition) is 0. The van der Waals surface area contributed by atoms with Crippen LogP contribution in [0.25, 0.3) is 0 Å². The van der Waals surface area contributed by atoms with Crippen LogP contribution in [0, 0.1) is 11.8 Å². The number of carbonyl (C=O) groups excluding carboxylic acids is 4. The molecule has 0 radical (unpaired) electrons. The van der Waals surface area contributed by atoms with Gasteiger partial charge in [0.1, 0.15) is 5.54 Å². The van der Waals surface area contributed by atoms with Crippen LogP contribution in [0.3, 0.4) is 0 Å². The van der Waals surface area contributed by atoms with Gasteiger partial charge in [0, 0.05) is 29.4 Å². The summed E-state index contributed by atoms with van der Waals surface area (Å²) >= 11 is 0. The number of amides is 3. The summed E-state index contributed by atoms with van der Waals surface area (Å²) in [6, 6.07) is 14.1. The number of ketones is 1. The molecule has 4 aliphatic heterocycles. The van der Waals surface area contributed by atoms with E-state index in [-0.39, 0.29) is 29.5 Å². The molecule has 0 bridgehead atoms. The van der Waals surface area contributed by atoms with Gasteiger partial charge in [0.2, 0.25) is 11.8 Å². The quantitative estimate of drug-likeness (QED) is 0.539. The molecule has 4 aliphatic rings. The number of benzene rings is 2. The molecule has 0 aliphatic carbocycles. The van der Waals surface area contributed by atoms with Gasteiger partial charge < -0.3 is 4.90 Å². The van der Waals surface area contributed by atoms with Gasteiger partial charge in [0.05, 0.1) is 17.5 Å². The van der Waals surface area contributed by atoms with Crippen LogP contribution >= 0.6 is 0 Å². The summed E-state index contributed by atoms with van der Waals surface area (Å²) in [6.07, 6.45) is 1.69. The normalized spacial score (nSPS) is 30.4. The van der Waals surface area contributed by atoms with Gasteiger partial charge in [-0.05, 0) is 63.6 Å². The van der Waals surface area contributed by atoms with Crippen LogP contribution in [0.4, 0.5) is 11.4 Å². The Morgan fingerprint density at radius 2 is 1.76 bits per heavy atom. The summed E-state index contributed by atoms with van der Waals surface area (Å²) in [4.78, 5) is 58.7. The third-order valence-electron chi connectivity index (χ3n) is 7.99. The molecular formula is C26H25N3O4. The number of hydrogen-bond acceptors (Lipinski definition) is 5. The van der Waals surface area contributed by atoms with E-state index in [4.69, 9.17) is 0 Å². The molecule has 0 aromatic heterocycles. The van der Waals surface area contributed by atoms with E-state index in [9.17, 15) is 19.2 Å². The van der Waals surface area contributed by atoms with E-state index in [0.717, 1.165) is 24.1 Å². The van der Waals surface area contributed by atoms with Gasteiger partial charge in [0.25, 0.3) is 5.91 Å². The molecule has 3 amide bonds. The van der Waals surface area contributed by atoms with Gasteiger partial charge in [-0.2, -0.15) is 0 Å². The van der Waals surface area contributed by atoms with Crippen molar-refractivity contribution >= 4 is 34.9 Å². The predicted molar refractivity (Wildman–Crippen MR) is 122 cm³/mol. The fourth-order valence-electron chi connectivity index (χ4n) is 6.75. The molecule has 0 N–H and O–H groups in total. The number of Topliss-reactive ketones (excluding diaryl/α,β-unsaturated/α-hetero) is 1. The number of rotatable bonds is 3. The number of nitrogens with zero attached hydrogens (tertiary/aromatic N) is 3. The first-order valence-corrected chi connectivity index (χ1v) is 11.6. The molecule has 0 unspecified atom stereocenters. The Kier molecular flexibility index (Phi) is 4.21. The van der Waals surface area contributed by atoms with Gasteiger partial charge in [-0.25, -0.2) is 4.90 Å². The predicted octanol–water partition coefficient (Wildman–Crippen LogP) is 2.73. The molecule has 1 spiro atoms. The summed E-state index contributed by atoms with van der Waals surface area (Å²) in [5.41, 5.74) is 1.51. The van der Waals surface area contributed by atoms with Crippen LogP contribution in [0.1, 0.15) is 42.6 Å². The van der Waals surface area contributed by atoms with Crippen molar-refractivity contribution in [1.29, 1.82) is 0 Å². The van der Waals surface area contributed by atoms with Crippen molar-refractivity contribution < 1.29 is 19.2 Å². The second-order valence-electron chi connectivity index (χ2n) is 9.35. The molecule has 33 heavy (non-hydrogen) atoms. The molecule has 7 heteroatoms. The Morgan fingerprint density at radius 1 is 1.03 bits per heavy atom. The number of para-hydroxylation sites is 1. The molecule has 2 aromatic carbocycles. The Hall–Kier alpha value is -3.32. The van der Waals surface area contributed by atoms with E-state index in [1.54, 1.807) is 29.2 Å². The molecule has 3 fully saturated rings. The van der Waals surface area contributed by atoms with Gasteiger partial charge >= 0.3 is 0 Å². The van der Waals surface area contributed by atoms with E-state index < -0.39 is 17.4 Å². The number of imide groups is 1. The smallest absolute Gasteiger partial charge is 0.253 e. The maximum absolute atomic E-state index is 14.1. The van der Waals surface area contributed by atoms with Crippen molar-refractivity contribution in [2.45, 2.75) is 38.3 Å². The standard InChI is InChI=1S/C26H25N3O4/c1-3-27-19-8-5-4-7-18(19)26(25(27)33)22-21(20-9-6-14-28(20)26)23(31)29(24(22)32)17-12-10-16(11-13-17)15(2)30/h4-5,7-8,10-13,20-22H,3,6,9,14H2,1-2H3/t20-,21+,22+,26+/m1/s1. The minimum absolute atomic E-state index is 0.0779. The molecule has 168 valence electrons. The van der Waals surface area contributed by atoms with E-state index in [0.29, 0.717) is 24.3 Å². The molecule has 0 saturated carbocycles. The highest BCUT2D eigenvalue weighted by molar-refractivity contribution is 6.26. The molecule has 2 aromatic rings. The third-order valence-corrected chi connectivity index (χ3v) is 7.99. The molecule has 7 nitrogen and oxygen atoms in total. The number of carbonyl (C=O) groups is 4. The summed E-state index contributed by atoms with van der Waals surface area (Å²) in [5.74, 6) is -2.05. The molecular weight excluding hydrogens is 418 g/mol. The minimum atomic E-state index is -1.14. The average molecular weight is 444 g/mol. The van der Waals surface area contributed by atoms with Crippen LogP contribution in [0.5, 0.6) is 0 Å². The molecule has 4 atom stereocenters. The van der Waals surface area contributed by atoms with Crippen molar-refractivity contribution in [2.75, 3.05) is 22.9 Å². The van der Waals surface area contributed by atoms with Crippen molar-refractivity contribution in [3.05, 3.63) is 59.7 Å². The van der Waals surface area contributed by atoms with Crippen LogP contribution in [-0.4, -0.2) is 47.5 Å². The zero-order chi connectivity index (χ0) is 23.1. The minimum Gasteiger partial charge on any atom is -0.310 e. The fourth-order valence-corrected chi connectivity index (χ4v) is 6.75. The van der Waals surface area contributed by atoms with Crippen molar-refractivity contribution in [1.82, 2.24) is 4.90 Å². The topological polar surface area (TPSA) is 78.0 Å². The highest BCUT2D eigenvalue weighted by Gasteiger charge is 2.75. The fraction of sp³-hybridized carbons (Fsp3) is 0.385. The second-order valence-corrected chi connectivity index (χ2v) is 9.35. The van der Waals surface area contributed by atoms with E-state index in [2.05, 4.69) is 4.90 Å². The third kappa shape index (κ3) is 2.33. The number of likely N-dealkylation sites (N-methyl/N-ethyl adjacent to an activating group) is 1. The number of anilines is 2. The lowest BCUT2D eigenvalue weighted by atomic mass is 9.75. The van der Waals surface area contributed by atoms with Crippen LogP contribution in [-0.2, 0) is 19.9 Å². The van der Waals surface area contributed by atoms with Crippen LogP contribution in [0.15, 0.2) is 48.5 Å². The first-order chi connectivity index (χ1) is 15.9. The SMILES string of the molecule is CCN1C(=O)[C@]2(c3ccccc31)[C@@H]1C(=O)N(c3ccc(C(C)=O)cc3)C(=O)[C@H]1[C@H]1CCCN12. The lowest BCUT2D eigenvalue weighted by Crippen LogP contribution is -2.56. The first-order valence-electron chi connectivity index (χ1n) is 11.6. The van der Waals surface area contributed by atoms with Gasteiger partial charge in [-0.15, -0.1) is 0 Å². The van der Waals surface area contributed by atoms with E-state index >= 15 is 0 Å². The Labute approximate surface area is 191 Å². The zero-order valence-electron chi connectivity index (χ0n) is 18.7. The van der Waals surface area contributed by atoms with Crippen molar-refractivity contribution in [2.24, 2.45) is 11.8 Å². The van der Waals surface area contributed by atoms with Gasteiger partial charge in [-0.1, -0.05) is 18.2 Å². The maximum Gasteiger partial charge on any atom is 0.253 e. The van der Waals surface area contributed by atoms with Crippen LogP contribution < -0.4 is 9.80 Å². The zero-order valence-corrected chi connectivity index (χ0v) is 18.7. The Bertz CT molecular complexity index is 1220. The summed E-state index contributed by atoms with van der Waals surface area (Å²) in [5, 5.41) is 0. The average Bonchev–Trinajstić information content (AvgIpc) is 3.51. The Balaban J connectivity index is 1.52. The largest absolute Gasteiger partial charge is 0.310 e. The number of fused-ring (bicyclic) bond motifs is 7. The van der Waals surface area contributed by atoms with Crippen molar-refractivity contribution in [3.63, 3.8) is 0 Å². The Morgan fingerprint density at radius 3 is 2.45 bits per heavy atom. The maximum atomic E-state index is 14.1. The van der Waals surface area contributed by atoms with Gasteiger partial charge in [-0.3, -0.25) is 24.1 Å². The molecule has 4 heterocycles. The van der Waals surface area contributed by atoms with E-state index in [1.807, 2.05) is 31.2 Å². The second kappa shape index (κ2) is 6.84. The van der Waals surface area contributed by atoms with Gasteiger partial charge in [0.15, 0.2) is 5.78 Å². The highest BCUT2D eigenvalue weighted by Crippen LogP contribution is 2.61. The van der Waals surface area contributed by atoms with Crippen LogP contribution in [0.2, 0.25) is 0 Å². The summed E-state index contributed by atoms with van der Waals surface area (Å²) in [6.45, 7) is 4.62. The molecule has 3 saturated heterocycles. The first kappa shape index (κ1) is 20.3. The highest BCUT2D eigenvalue weighted by atomic mass is 16.2. The lowest BCUT2D eigenvalue weighted by molar-refractivity contribution is -0.137. The lowest BCUT2D eigenvalue weighted by Gasteiger charge is -2.37. The molecule has 6 rings (SSSR count). The van der Waals surface area contributed by atoms with E-state index in [1.165, 1.54) is 11.8 Å². The van der Waals surface area contributed by atoms with Crippen molar-refractivity contribution in [3.8, 4) is 0 Å². The summed E-state index contributed by atoms with van der Waals surface area (Å²) in [7, 11) is 0. The summed E-state index contributed by atoms with van der Waals surface area (Å²) < 4.78 is 0. The monoisotopic (exact) mass is 443 g/mol.